The standard InChI is InChI=1S/C15H23N3O3/c1-4-9-16-12-7-8-14(18(20)21)13(11-12)15(19)17(6-3)10-5-2/h7-8,11,16H,4-6,9-10H2,1-3H3. The third-order valence-electron chi connectivity index (χ3n) is 3.17. The first-order chi connectivity index (χ1) is 10.0. The molecule has 0 unspecified atom stereocenters. The highest BCUT2D eigenvalue weighted by Crippen LogP contribution is 2.24. The summed E-state index contributed by atoms with van der Waals surface area (Å²) >= 11 is 0. The molecule has 1 rings (SSSR count). The fraction of sp³-hybridized carbons (Fsp3) is 0.533. The second-order valence-corrected chi connectivity index (χ2v) is 4.80. The van der Waals surface area contributed by atoms with Gasteiger partial charge in [-0.3, -0.25) is 14.9 Å². The number of hydrogen-bond donors (Lipinski definition) is 1. The molecule has 1 N–H and O–H groups in total. The first-order valence-corrected chi connectivity index (χ1v) is 7.36. The molecule has 0 bridgehead atoms. The van der Waals surface area contributed by atoms with Crippen molar-refractivity contribution < 1.29 is 9.72 Å². The maximum Gasteiger partial charge on any atom is 0.282 e. The number of nitro groups is 1. The van der Waals surface area contributed by atoms with Gasteiger partial charge in [-0.05, 0) is 31.9 Å². The van der Waals surface area contributed by atoms with Crippen LogP contribution in [-0.4, -0.2) is 35.4 Å². The Morgan fingerprint density at radius 3 is 2.52 bits per heavy atom. The molecule has 6 nitrogen and oxygen atoms in total. The van der Waals surface area contributed by atoms with Gasteiger partial charge in [-0.15, -0.1) is 0 Å². The summed E-state index contributed by atoms with van der Waals surface area (Å²) in [5.41, 5.74) is 0.742. The van der Waals surface area contributed by atoms with Crippen molar-refractivity contribution in [3.63, 3.8) is 0 Å². The van der Waals surface area contributed by atoms with Gasteiger partial charge in [0.1, 0.15) is 5.56 Å². The summed E-state index contributed by atoms with van der Waals surface area (Å²) in [4.78, 5) is 24.8. The molecule has 0 saturated heterocycles. The largest absolute Gasteiger partial charge is 0.385 e. The highest BCUT2D eigenvalue weighted by molar-refractivity contribution is 5.99. The smallest absolute Gasteiger partial charge is 0.282 e. The first-order valence-electron chi connectivity index (χ1n) is 7.36. The summed E-state index contributed by atoms with van der Waals surface area (Å²) in [6, 6.07) is 4.61. The SMILES string of the molecule is CCCNc1ccc([N+](=O)[O-])c(C(=O)N(CC)CCC)c1. The van der Waals surface area contributed by atoms with Gasteiger partial charge >= 0.3 is 0 Å². The van der Waals surface area contributed by atoms with Crippen molar-refractivity contribution in [2.24, 2.45) is 0 Å². The molecule has 6 heteroatoms. The lowest BCUT2D eigenvalue weighted by atomic mass is 10.1. The van der Waals surface area contributed by atoms with Crippen molar-refractivity contribution in [1.82, 2.24) is 4.90 Å². The lowest BCUT2D eigenvalue weighted by molar-refractivity contribution is -0.385. The van der Waals surface area contributed by atoms with E-state index in [4.69, 9.17) is 0 Å². The molecule has 0 aliphatic carbocycles. The molecule has 1 aromatic carbocycles. The number of carbonyl (C=O) groups excluding carboxylic acids is 1. The summed E-state index contributed by atoms with van der Waals surface area (Å²) in [7, 11) is 0. The van der Waals surface area contributed by atoms with Crippen molar-refractivity contribution in [2.45, 2.75) is 33.6 Å². The first kappa shape index (κ1) is 16.9. The number of hydrogen-bond acceptors (Lipinski definition) is 4. The normalized spacial score (nSPS) is 10.2. The number of nitrogens with one attached hydrogen (secondary N) is 1. The van der Waals surface area contributed by atoms with Gasteiger partial charge in [0.05, 0.1) is 4.92 Å². The van der Waals surface area contributed by atoms with Crippen molar-refractivity contribution in [3.8, 4) is 0 Å². The molecular weight excluding hydrogens is 270 g/mol. The van der Waals surface area contributed by atoms with E-state index >= 15 is 0 Å². The van der Waals surface area contributed by atoms with E-state index in [-0.39, 0.29) is 17.2 Å². The Morgan fingerprint density at radius 2 is 2.00 bits per heavy atom. The van der Waals surface area contributed by atoms with Crippen LogP contribution in [0, 0.1) is 10.1 Å². The number of anilines is 1. The van der Waals surface area contributed by atoms with Crippen molar-refractivity contribution in [2.75, 3.05) is 25.0 Å². The van der Waals surface area contributed by atoms with E-state index in [1.807, 2.05) is 20.8 Å². The molecule has 0 atom stereocenters. The summed E-state index contributed by atoms with van der Waals surface area (Å²) in [6.45, 7) is 7.78. The molecule has 1 aromatic rings. The third kappa shape index (κ3) is 4.44. The van der Waals surface area contributed by atoms with Crippen LogP contribution < -0.4 is 5.32 Å². The predicted molar refractivity (Wildman–Crippen MR) is 83.7 cm³/mol. The number of carbonyl (C=O) groups is 1. The van der Waals surface area contributed by atoms with E-state index in [1.54, 1.807) is 17.0 Å². The number of rotatable bonds is 8. The summed E-state index contributed by atoms with van der Waals surface area (Å²) < 4.78 is 0. The van der Waals surface area contributed by atoms with Crippen LogP contribution in [0.2, 0.25) is 0 Å². The second kappa shape index (κ2) is 8.24. The summed E-state index contributed by atoms with van der Waals surface area (Å²) in [5, 5.41) is 14.3. The molecule has 0 heterocycles. The topological polar surface area (TPSA) is 75.5 Å². The maximum absolute atomic E-state index is 12.5. The van der Waals surface area contributed by atoms with Gasteiger partial charge in [-0.2, -0.15) is 0 Å². The molecule has 0 radical (unpaired) electrons. The van der Waals surface area contributed by atoms with Crippen LogP contribution in [0.3, 0.4) is 0 Å². The molecule has 0 aromatic heterocycles. The van der Waals surface area contributed by atoms with E-state index in [2.05, 4.69) is 5.32 Å². The van der Waals surface area contributed by atoms with Crippen LogP contribution in [0.1, 0.15) is 44.0 Å². The molecule has 0 aliphatic heterocycles. The molecule has 0 fully saturated rings. The Labute approximate surface area is 125 Å². The molecule has 116 valence electrons. The van der Waals surface area contributed by atoms with E-state index in [0.717, 1.165) is 25.1 Å². The highest BCUT2D eigenvalue weighted by atomic mass is 16.6. The van der Waals surface area contributed by atoms with Crippen molar-refractivity contribution in [1.29, 1.82) is 0 Å². The van der Waals surface area contributed by atoms with E-state index in [9.17, 15) is 14.9 Å². The monoisotopic (exact) mass is 293 g/mol. The zero-order chi connectivity index (χ0) is 15.8. The zero-order valence-corrected chi connectivity index (χ0v) is 12.9. The van der Waals surface area contributed by atoms with E-state index < -0.39 is 4.92 Å². The zero-order valence-electron chi connectivity index (χ0n) is 12.9. The molecular formula is C15H23N3O3. The lowest BCUT2D eigenvalue weighted by Crippen LogP contribution is -2.32. The Morgan fingerprint density at radius 1 is 1.29 bits per heavy atom. The molecule has 0 spiro atoms. The Balaban J connectivity index is 3.15. The van der Waals surface area contributed by atoms with Gasteiger partial charge < -0.3 is 10.2 Å². The van der Waals surface area contributed by atoms with Crippen LogP contribution in [0.4, 0.5) is 11.4 Å². The summed E-state index contributed by atoms with van der Waals surface area (Å²) in [6.07, 6.45) is 1.76. The van der Waals surface area contributed by atoms with Crippen LogP contribution >= 0.6 is 0 Å². The minimum Gasteiger partial charge on any atom is -0.385 e. The predicted octanol–water partition coefficient (Wildman–Crippen LogP) is 3.29. The van der Waals surface area contributed by atoms with Gasteiger partial charge in [0.2, 0.25) is 0 Å². The molecule has 1 amide bonds. The summed E-state index contributed by atoms with van der Waals surface area (Å²) in [5.74, 6) is -0.286. The molecule has 0 aliphatic rings. The van der Waals surface area contributed by atoms with Gasteiger partial charge in [0.25, 0.3) is 11.6 Å². The van der Waals surface area contributed by atoms with Gasteiger partial charge in [0, 0.05) is 31.4 Å². The average molecular weight is 293 g/mol. The van der Waals surface area contributed by atoms with Gasteiger partial charge in [-0.1, -0.05) is 13.8 Å². The fourth-order valence-electron chi connectivity index (χ4n) is 2.09. The van der Waals surface area contributed by atoms with Crippen LogP contribution in [0.25, 0.3) is 0 Å². The Bertz CT molecular complexity index is 503. The number of nitrogens with zero attached hydrogens (tertiary/aromatic N) is 2. The number of nitro benzene ring substituents is 1. The van der Waals surface area contributed by atoms with Crippen LogP contribution in [0.15, 0.2) is 18.2 Å². The number of benzene rings is 1. The highest BCUT2D eigenvalue weighted by Gasteiger charge is 2.24. The average Bonchev–Trinajstić information content (AvgIpc) is 2.49. The van der Waals surface area contributed by atoms with Crippen LogP contribution in [0.5, 0.6) is 0 Å². The van der Waals surface area contributed by atoms with Gasteiger partial charge in [-0.25, -0.2) is 0 Å². The van der Waals surface area contributed by atoms with E-state index in [0.29, 0.717) is 13.1 Å². The van der Waals surface area contributed by atoms with Crippen molar-refractivity contribution >= 4 is 17.3 Å². The third-order valence-corrected chi connectivity index (χ3v) is 3.17. The van der Waals surface area contributed by atoms with Gasteiger partial charge in [0.15, 0.2) is 0 Å². The van der Waals surface area contributed by atoms with E-state index in [1.165, 1.54) is 6.07 Å². The maximum atomic E-state index is 12.5. The molecule has 0 saturated carbocycles. The minimum absolute atomic E-state index is 0.142. The number of amides is 1. The fourth-order valence-corrected chi connectivity index (χ4v) is 2.09. The lowest BCUT2D eigenvalue weighted by Gasteiger charge is -2.20. The molecule has 21 heavy (non-hydrogen) atoms. The Kier molecular flexibility index (Phi) is 6.65. The minimum atomic E-state index is -0.503. The van der Waals surface area contributed by atoms with Crippen molar-refractivity contribution in [3.05, 3.63) is 33.9 Å². The van der Waals surface area contributed by atoms with Crippen LogP contribution in [-0.2, 0) is 0 Å². The quantitative estimate of drug-likeness (QED) is 0.589. The second-order valence-electron chi connectivity index (χ2n) is 4.80. The Hall–Kier alpha value is -2.11.